The van der Waals surface area contributed by atoms with Crippen LogP contribution in [0.5, 0.6) is 0 Å². The highest BCUT2D eigenvalue weighted by molar-refractivity contribution is 7.17. The molecule has 4 heteroatoms. The van der Waals surface area contributed by atoms with Gasteiger partial charge in [0.25, 0.3) is 0 Å². The smallest absolute Gasteiger partial charge is 0.142 e. The van der Waals surface area contributed by atoms with Gasteiger partial charge in [-0.05, 0) is 40.1 Å². The molecule has 0 aliphatic heterocycles. The van der Waals surface area contributed by atoms with Crippen molar-refractivity contribution in [1.29, 1.82) is 0 Å². The number of hydrogen-bond acceptors (Lipinski definition) is 2. The number of thiophene rings is 1. The molecular formula is C15H11ClFNS. The first kappa shape index (κ1) is 12.6. The molecule has 96 valence electrons. The SMILES string of the molecule is NC(c1ccc(Cl)c(F)c1)c1csc2ccccc12. The highest BCUT2D eigenvalue weighted by atomic mass is 35.5. The molecule has 0 saturated heterocycles. The summed E-state index contributed by atoms with van der Waals surface area (Å²) in [6.45, 7) is 0. The van der Waals surface area contributed by atoms with Gasteiger partial charge in [0.05, 0.1) is 11.1 Å². The molecule has 0 aliphatic carbocycles. The maximum atomic E-state index is 13.5. The van der Waals surface area contributed by atoms with Gasteiger partial charge in [0.1, 0.15) is 5.82 Å². The molecule has 3 rings (SSSR count). The molecule has 1 unspecified atom stereocenters. The van der Waals surface area contributed by atoms with E-state index in [2.05, 4.69) is 6.07 Å². The predicted octanol–water partition coefficient (Wildman–Crippen LogP) is 4.74. The summed E-state index contributed by atoms with van der Waals surface area (Å²) in [5.41, 5.74) is 7.99. The van der Waals surface area contributed by atoms with Crippen LogP contribution in [0.3, 0.4) is 0 Å². The Morgan fingerprint density at radius 3 is 2.74 bits per heavy atom. The van der Waals surface area contributed by atoms with Crippen molar-refractivity contribution in [2.45, 2.75) is 6.04 Å². The van der Waals surface area contributed by atoms with Gasteiger partial charge >= 0.3 is 0 Å². The fourth-order valence-corrected chi connectivity index (χ4v) is 3.24. The lowest BCUT2D eigenvalue weighted by atomic mass is 9.99. The van der Waals surface area contributed by atoms with Crippen molar-refractivity contribution in [3.63, 3.8) is 0 Å². The first-order valence-corrected chi connectivity index (χ1v) is 7.09. The van der Waals surface area contributed by atoms with Crippen LogP contribution in [0.1, 0.15) is 17.2 Å². The molecule has 3 aromatic rings. The Balaban J connectivity index is 2.08. The quantitative estimate of drug-likeness (QED) is 0.725. The summed E-state index contributed by atoms with van der Waals surface area (Å²) in [4.78, 5) is 0. The molecule has 1 aromatic heterocycles. The normalized spacial score (nSPS) is 12.8. The van der Waals surface area contributed by atoms with Crippen molar-refractivity contribution in [3.8, 4) is 0 Å². The molecular weight excluding hydrogens is 281 g/mol. The van der Waals surface area contributed by atoms with E-state index in [4.69, 9.17) is 17.3 Å². The molecule has 1 nitrogen and oxygen atoms in total. The van der Waals surface area contributed by atoms with Crippen molar-refractivity contribution in [2.75, 3.05) is 0 Å². The zero-order valence-electron chi connectivity index (χ0n) is 9.94. The minimum Gasteiger partial charge on any atom is -0.320 e. The van der Waals surface area contributed by atoms with Crippen LogP contribution in [0, 0.1) is 5.82 Å². The zero-order valence-corrected chi connectivity index (χ0v) is 11.5. The van der Waals surface area contributed by atoms with E-state index in [0.717, 1.165) is 16.5 Å². The highest BCUT2D eigenvalue weighted by Gasteiger charge is 2.15. The molecule has 2 aromatic carbocycles. The van der Waals surface area contributed by atoms with Crippen LogP contribution < -0.4 is 5.73 Å². The number of fused-ring (bicyclic) bond motifs is 1. The fourth-order valence-electron chi connectivity index (χ4n) is 2.12. The lowest BCUT2D eigenvalue weighted by Gasteiger charge is -2.12. The summed E-state index contributed by atoms with van der Waals surface area (Å²) in [7, 11) is 0. The van der Waals surface area contributed by atoms with Gasteiger partial charge < -0.3 is 5.73 Å². The number of hydrogen-bond donors (Lipinski definition) is 1. The van der Waals surface area contributed by atoms with Gasteiger partial charge in [-0.25, -0.2) is 4.39 Å². The van der Waals surface area contributed by atoms with Gasteiger partial charge in [0.15, 0.2) is 0 Å². The van der Waals surface area contributed by atoms with Crippen molar-refractivity contribution < 1.29 is 4.39 Å². The Labute approximate surface area is 119 Å². The molecule has 19 heavy (non-hydrogen) atoms. The average molecular weight is 292 g/mol. The minimum atomic E-state index is -0.436. The Bertz CT molecular complexity index is 738. The third-order valence-electron chi connectivity index (χ3n) is 3.15. The minimum absolute atomic E-state index is 0.117. The second-order valence-corrected chi connectivity index (χ2v) is 5.66. The molecule has 0 saturated carbocycles. The molecule has 0 spiro atoms. The summed E-state index contributed by atoms with van der Waals surface area (Å²) in [5, 5.41) is 3.27. The molecule has 1 atom stereocenters. The number of rotatable bonds is 2. The fraction of sp³-hybridized carbons (Fsp3) is 0.0667. The van der Waals surface area contributed by atoms with Crippen LogP contribution in [0.15, 0.2) is 47.8 Å². The topological polar surface area (TPSA) is 26.0 Å². The lowest BCUT2D eigenvalue weighted by Crippen LogP contribution is -2.11. The molecule has 2 N–H and O–H groups in total. The van der Waals surface area contributed by atoms with Crippen molar-refractivity contribution >= 4 is 33.0 Å². The van der Waals surface area contributed by atoms with E-state index in [1.54, 1.807) is 23.5 Å². The third kappa shape index (κ3) is 2.25. The molecule has 0 amide bonds. The van der Waals surface area contributed by atoms with Crippen LogP contribution in [0.4, 0.5) is 4.39 Å². The van der Waals surface area contributed by atoms with E-state index in [1.165, 1.54) is 10.8 Å². The lowest BCUT2D eigenvalue weighted by molar-refractivity contribution is 0.624. The second kappa shape index (κ2) is 4.93. The van der Waals surface area contributed by atoms with Crippen molar-refractivity contribution in [1.82, 2.24) is 0 Å². The van der Waals surface area contributed by atoms with Crippen LogP contribution in [-0.2, 0) is 0 Å². The van der Waals surface area contributed by atoms with E-state index in [1.807, 2.05) is 23.6 Å². The van der Waals surface area contributed by atoms with Gasteiger partial charge in [-0.3, -0.25) is 0 Å². The van der Waals surface area contributed by atoms with Crippen LogP contribution in [0.2, 0.25) is 5.02 Å². The van der Waals surface area contributed by atoms with Crippen LogP contribution >= 0.6 is 22.9 Å². The number of nitrogens with two attached hydrogens (primary N) is 1. The third-order valence-corrected chi connectivity index (χ3v) is 4.44. The van der Waals surface area contributed by atoms with Crippen molar-refractivity contribution in [3.05, 3.63) is 69.8 Å². The van der Waals surface area contributed by atoms with Gasteiger partial charge in [0, 0.05) is 4.70 Å². The maximum Gasteiger partial charge on any atom is 0.142 e. The molecule has 0 radical (unpaired) electrons. The largest absolute Gasteiger partial charge is 0.320 e. The van der Waals surface area contributed by atoms with E-state index >= 15 is 0 Å². The number of benzene rings is 2. The Morgan fingerprint density at radius 1 is 1.16 bits per heavy atom. The van der Waals surface area contributed by atoms with Gasteiger partial charge in [-0.15, -0.1) is 11.3 Å². The number of halogens is 2. The molecule has 0 fully saturated rings. The standard InChI is InChI=1S/C15H11ClFNS/c16-12-6-5-9(7-13(12)17)15(18)11-8-19-14-4-2-1-3-10(11)14/h1-8,15H,18H2. The summed E-state index contributed by atoms with van der Waals surface area (Å²) in [5.74, 6) is -0.436. The molecule has 0 aliphatic rings. The van der Waals surface area contributed by atoms with Crippen LogP contribution in [0.25, 0.3) is 10.1 Å². The second-order valence-electron chi connectivity index (χ2n) is 4.34. The highest BCUT2D eigenvalue weighted by Crippen LogP contribution is 2.32. The van der Waals surface area contributed by atoms with E-state index in [9.17, 15) is 4.39 Å². The van der Waals surface area contributed by atoms with Gasteiger partial charge in [-0.1, -0.05) is 35.9 Å². The predicted molar refractivity (Wildman–Crippen MR) is 79.3 cm³/mol. The van der Waals surface area contributed by atoms with E-state index in [-0.39, 0.29) is 11.1 Å². The Hall–Kier alpha value is -1.42. The monoisotopic (exact) mass is 291 g/mol. The summed E-state index contributed by atoms with van der Waals surface area (Å²) >= 11 is 7.34. The first-order chi connectivity index (χ1) is 9.16. The van der Waals surface area contributed by atoms with E-state index in [0.29, 0.717) is 0 Å². The first-order valence-electron chi connectivity index (χ1n) is 5.83. The van der Waals surface area contributed by atoms with Gasteiger partial charge in [-0.2, -0.15) is 0 Å². The summed E-state index contributed by atoms with van der Waals surface area (Å²) in [6, 6.07) is 12.4. The Morgan fingerprint density at radius 2 is 1.95 bits per heavy atom. The average Bonchev–Trinajstić information content (AvgIpc) is 2.85. The zero-order chi connectivity index (χ0) is 13.4. The molecule has 1 heterocycles. The van der Waals surface area contributed by atoms with Crippen LogP contribution in [-0.4, -0.2) is 0 Å². The van der Waals surface area contributed by atoms with E-state index < -0.39 is 5.82 Å². The summed E-state index contributed by atoms with van der Waals surface area (Å²) < 4.78 is 14.7. The van der Waals surface area contributed by atoms with Gasteiger partial charge in [0.2, 0.25) is 0 Å². The maximum absolute atomic E-state index is 13.5. The summed E-state index contributed by atoms with van der Waals surface area (Å²) in [6.07, 6.45) is 0. The molecule has 0 bridgehead atoms. The van der Waals surface area contributed by atoms with Crippen molar-refractivity contribution in [2.24, 2.45) is 5.73 Å². The Kier molecular flexibility index (Phi) is 3.27.